The Bertz CT molecular complexity index is 282. The third-order valence-electron chi connectivity index (χ3n) is 1.18. The summed E-state index contributed by atoms with van der Waals surface area (Å²) >= 11 is 0. The molecule has 0 spiro atoms. The second-order valence-electron chi connectivity index (χ2n) is 2.38. The molecule has 88 valence electrons. The molecule has 0 saturated heterocycles. The molecule has 0 N–H and O–H groups in total. The van der Waals surface area contributed by atoms with Crippen LogP contribution < -0.4 is 0 Å². The van der Waals surface area contributed by atoms with Gasteiger partial charge in [-0.3, -0.25) is 0 Å². The molecule has 16 heavy (non-hydrogen) atoms. The van der Waals surface area contributed by atoms with Crippen LogP contribution in [0.4, 0.5) is 8.78 Å². The van der Waals surface area contributed by atoms with Crippen LogP contribution in [-0.2, 0) is 19.1 Å². The Hall–Kier alpha value is -1.98. The van der Waals surface area contributed by atoms with Crippen LogP contribution in [0.3, 0.4) is 0 Å². The largest absolute Gasteiger partial charge is 0.424 e. The summed E-state index contributed by atoms with van der Waals surface area (Å²) in [6.45, 7) is 6.06. The predicted octanol–water partition coefficient (Wildman–Crippen LogP) is 1.59. The zero-order chi connectivity index (χ0) is 12.6. The first-order chi connectivity index (χ1) is 7.49. The number of halogens is 2. The summed E-state index contributed by atoms with van der Waals surface area (Å²) in [6, 6.07) is 0. The van der Waals surface area contributed by atoms with E-state index in [1.807, 2.05) is 0 Å². The number of rotatable bonds is 6. The lowest BCUT2D eigenvalue weighted by Crippen LogP contribution is -2.11. The number of ether oxygens (including phenoxy) is 2. The molecule has 0 radical (unpaired) electrons. The van der Waals surface area contributed by atoms with Crippen molar-refractivity contribution in [3.05, 3.63) is 37.5 Å². The van der Waals surface area contributed by atoms with Gasteiger partial charge in [0, 0.05) is 12.2 Å². The standard InChI is InChI=1S/C10H10F2O4/c1-3-7(11)15-9(13)5-6-10(14)16-8(12)4-2/h3-8H,1-2H2/b6-5-. The van der Waals surface area contributed by atoms with E-state index in [1.165, 1.54) is 0 Å². The number of carbonyl (C=O) groups excluding carboxylic acids is 2. The van der Waals surface area contributed by atoms with Gasteiger partial charge in [-0.1, -0.05) is 13.2 Å². The summed E-state index contributed by atoms with van der Waals surface area (Å²) in [5.74, 6) is -2.23. The maximum absolute atomic E-state index is 12.4. The van der Waals surface area contributed by atoms with E-state index in [-0.39, 0.29) is 0 Å². The first-order valence-corrected chi connectivity index (χ1v) is 4.12. The molecule has 0 rings (SSSR count). The second-order valence-corrected chi connectivity index (χ2v) is 2.38. The van der Waals surface area contributed by atoms with Gasteiger partial charge in [-0.2, -0.15) is 8.78 Å². The highest BCUT2D eigenvalue weighted by Crippen LogP contribution is 1.98. The van der Waals surface area contributed by atoms with Crippen molar-refractivity contribution in [2.75, 3.05) is 0 Å². The minimum atomic E-state index is -1.96. The fourth-order valence-electron chi connectivity index (χ4n) is 0.533. The Balaban J connectivity index is 4.07. The average Bonchev–Trinajstić information content (AvgIpc) is 2.26. The fraction of sp³-hybridized carbons (Fsp3) is 0.200. The van der Waals surface area contributed by atoms with Gasteiger partial charge >= 0.3 is 11.9 Å². The summed E-state index contributed by atoms with van der Waals surface area (Å²) in [6.07, 6.45) is -1.22. The molecule has 0 amide bonds. The molecule has 2 unspecified atom stereocenters. The Morgan fingerprint density at radius 1 is 0.938 bits per heavy atom. The highest BCUT2D eigenvalue weighted by Gasteiger charge is 2.08. The van der Waals surface area contributed by atoms with E-state index >= 15 is 0 Å². The summed E-state index contributed by atoms with van der Waals surface area (Å²) in [4.78, 5) is 21.5. The first kappa shape index (κ1) is 14.0. The van der Waals surface area contributed by atoms with Crippen molar-refractivity contribution in [1.82, 2.24) is 0 Å². The fourth-order valence-corrected chi connectivity index (χ4v) is 0.533. The Kier molecular flexibility index (Phi) is 6.42. The van der Waals surface area contributed by atoms with Gasteiger partial charge in [-0.05, 0) is 12.2 Å². The van der Waals surface area contributed by atoms with Crippen LogP contribution in [0.5, 0.6) is 0 Å². The van der Waals surface area contributed by atoms with Gasteiger partial charge in [0.2, 0.25) is 0 Å². The van der Waals surface area contributed by atoms with Gasteiger partial charge in [0.25, 0.3) is 12.7 Å². The molecule has 4 nitrogen and oxygen atoms in total. The van der Waals surface area contributed by atoms with Gasteiger partial charge in [0.15, 0.2) is 0 Å². The third kappa shape index (κ3) is 6.47. The number of carbonyl (C=O) groups is 2. The van der Waals surface area contributed by atoms with Crippen molar-refractivity contribution in [1.29, 1.82) is 0 Å². The molecule has 0 aliphatic heterocycles. The monoisotopic (exact) mass is 232 g/mol. The number of hydrogen-bond donors (Lipinski definition) is 0. The van der Waals surface area contributed by atoms with Crippen molar-refractivity contribution < 1.29 is 27.8 Å². The van der Waals surface area contributed by atoms with Crippen LogP contribution in [0.2, 0.25) is 0 Å². The predicted molar refractivity (Wildman–Crippen MR) is 51.5 cm³/mol. The van der Waals surface area contributed by atoms with E-state index in [4.69, 9.17) is 0 Å². The van der Waals surface area contributed by atoms with Gasteiger partial charge in [0.1, 0.15) is 0 Å². The van der Waals surface area contributed by atoms with Crippen LogP contribution in [-0.4, -0.2) is 24.7 Å². The lowest BCUT2D eigenvalue weighted by molar-refractivity contribution is -0.150. The Morgan fingerprint density at radius 2 is 1.25 bits per heavy atom. The smallest absolute Gasteiger partial charge is 0.333 e. The highest BCUT2D eigenvalue weighted by molar-refractivity contribution is 5.91. The normalized spacial score (nSPS) is 13.9. The summed E-state index contributed by atoms with van der Waals surface area (Å²) in [7, 11) is 0. The third-order valence-corrected chi connectivity index (χ3v) is 1.18. The highest BCUT2D eigenvalue weighted by atomic mass is 19.1. The van der Waals surface area contributed by atoms with E-state index in [0.717, 1.165) is 12.2 Å². The summed E-state index contributed by atoms with van der Waals surface area (Å²) in [5, 5.41) is 0. The van der Waals surface area contributed by atoms with E-state index in [1.54, 1.807) is 0 Å². The van der Waals surface area contributed by atoms with E-state index < -0.39 is 24.7 Å². The van der Waals surface area contributed by atoms with Gasteiger partial charge in [0.05, 0.1) is 0 Å². The topological polar surface area (TPSA) is 52.6 Å². The van der Waals surface area contributed by atoms with E-state index in [0.29, 0.717) is 12.2 Å². The quantitative estimate of drug-likeness (QED) is 0.396. The van der Waals surface area contributed by atoms with Crippen molar-refractivity contribution in [2.45, 2.75) is 12.7 Å². The molecular weight excluding hydrogens is 222 g/mol. The summed E-state index contributed by atoms with van der Waals surface area (Å²) in [5.41, 5.74) is 0. The van der Waals surface area contributed by atoms with Crippen LogP contribution in [0, 0.1) is 0 Å². The molecule has 0 fully saturated rings. The molecular formula is C10H10F2O4. The average molecular weight is 232 g/mol. The van der Waals surface area contributed by atoms with E-state index in [2.05, 4.69) is 22.6 Å². The van der Waals surface area contributed by atoms with Crippen LogP contribution in [0.25, 0.3) is 0 Å². The molecule has 2 atom stereocenters. The molecule has 0 aromatic carbocycles. The first-order valence-electron chi connectivity index (χ1n) is 4.12. The zero-order valence-electron chi connectivity index (χ0n) is 8.27. The minimum Gasteiger partial charge on any atom is -0.424 e. The molecule has 0 aromatic rings. The number of hydrogen-bond acceptors (Lipinski definition) is 4. The maximum atomic E-state index is 12.4. The van der Waals surface area contributed by atoms with Crippen molar-refractivity contribution >= 4 is 11.9 Å². The molecule has 0 aliphatic carbocycles. The van der Waals surface area contributed by atoms with Crippen molar-refractivity contribution in [3.63, 3.8) is 0 Å². The molecule has 0 aromatic heterocycles. The van der Waals surface area contributed by atoms with Crippen LogP contribution in [0.1, 0.15) is 0 Å². The molecule has 0 heterocycles. The van der Waals surface area contributed by atoms with Gasteiger partial charge in [-0.25, -0.2) is 9.59 Å². The van der Waals surface area contributed by atoms with E-state index in [9.17, 15) is 18.4 Å². The van der Waals surface area contributed by atoms with Crippen molar-refractivity contribution in [3.8, 4) is 0 Å². The number of esters is 2. The second kappa shape index (κ2) is 7.33. The van der Waals surface area contributed by atoms with Gasteiger partial charge < -0.3 is 9.47 Å². The number of alkyl halides is 2. The molecule has 0 aliphatic rings. The summed E-state index contributed by atoms with van der Waals surface area (Å²) < 4.78 is 32.9. The van der Waals surface area contributed by atoms with Crippen LogP contribution >= 0.6 is 0 Å². The van der Waals surface area contributed by atoms with Gasteiger partial charge in [-0.15, -0.1) is 0 Å². The SMILES string of the molecule is C=CC(F)OC(=O)/C=C\C(=O)OC(F)C=C. The van der Waals surface area contributed by atoms with Crippen molar-refractivity contribution in [2.24, 2.45) is 0 Å². The maximum Gasteiger partial charge on any atom is 0.333 e. The molecule has 0 bridgehead atoms. The molecule has 0 saturated carbocycles. The zero-order valence-corrected chi connectivity index (χ0v) is 8.27. The Morgan fingerprint density at radius 3 is 1.50 bits per heavy atom. The Labute approximate surface area is 90.8 Å². The lowest BCUT2D eigenvalue weighted by Gasteiger charge is -2.03. The molecule has 6 heteroatoms. The lowest BCUT2D eigenvalue weighted by atomic mass is 10.5. The minimum absolute atomic E-state index is 0.605. The van der Waals surface area contributed by atoms with Crippen LogP contribution in [0.15, 0.2) is 37.5 Å².